The molecule has 3 nitrogen and oxygen atoms in total. The lowest BCUT2D eigenvalue weighted by Gasteiger charge is -2.16. The smallest absolute Gasteiger partial charge is 0.120 e. The monoisotopic (exact) mass is 286 g/mol. The van der Waals surface area contributed by atoms with Gasteiger partial charge >= 0.3 is 0 Å². The van der Waals surface area contributed by atoms with E-state index in [0.717, 1.165) is 16.9 Å². The predicted octanol–water partition coefficient (Wildman–Crippen LogP) is 3.01. The second kappa shape index (κ2) is 6.74. The summed E-state index contributed by atoms with van der Waals surface area (Å²) in [6.45, 7) is 6.03. The van der Waals surface area contributed by atoms with Gasteiger partial charge in [-0.1, -0.05) is 24.3 Å². The van der Waals surface area contributed by atoms with Crippen molar-refractivity contribution in [1.82, 2.24) is 0 Å². The van der Waals surface area contributed by atoms with Crippen LogP contribution in [0, 0.1) is 20.8 Å². The molecule has 2 aromatic carbocycles. The van der Waals surface area contributed by atoms with Crippen LogP contribution in [0.4, 0.5) is 0 Å². The van der Waals surface area contributed by atoms with Crippen LogP contribution in [0.15, 0.2) is 36.4 Å². The molecule has 112 valence electrons. The van der Waals surface area contributed by atoms with E-state index in [4.69, 9.17) is 9.84 Å². The van der Waals surface area contributed by atoms with Crippen molar-refractivity contribution in [3.63, 3.8) is 0 Å². The molecule has 0 aliphatic rings. The Morgan fingerprint density at radius 2 is 1.62 bits per heavy atom. The van der Waals surface area contributed by atoms with E-state index in [1.54, 1.807) is 0 Å². The molecule has 0 heterocycles. The third-order valence-corrected chi connectivity index (χ3v) is 3.57. The number of ether oxygens (including phenoxy) is 1. The predicted molar refractivity (Wildman–Crippen MR) is 84.7 cm³/mol. The SMILES string of the molecule is Cc1ccccc1-c1c(C)cc(OC[C@@H](O)CO)cc1C. The second-order valence-corrected chi connectivity index (χ2v) is 5.39. The third-order valence-electron chi connectivity index (χ3n) is 3.57. The first-order valence-corrected chi connectivity index (χ1v) is 7.12. The summed E-state index contributed by atoms with van der Waals surface area (Å²) in [5.74, 6) is 0.717. The lowest BCUT2D eigenvalue weighted by molar-refractivity contribution is 0.0536. The second-order valence-electron chi connectivity index (χ2n) is 5.39. The fourth-order valence-electron chi connectivity index (χ4n) is 2.53. The van der Waals surface area contributed by atoms with Crippen LogP contribution in [0.25, 0.3) is 11.1 Å². The van der Waals surface area contributed by atoms with Crippen LogP contribution in [0.5, 0.6) is 5.75 Å². The van der Waals surface area contributed by atoms with Crippen molar-refractivity contribution < 1.29 is 14.9 Å². The maximum atomic E-state index is 9.35. The van der Waals surface area contributed by atoms with Gasteiger partial charge in [0.25, 0.3) is 0 Å². The Hall–Kier alpha value is -1.84. The highest BCUT2D eigenvalue weighted by Gasteiger charge is 2.11. The summed E-state index contributed by atoms with van der Waals surface area (Å²) in [7, 11) is 0. The topological polar surface area (TPSA) is 49.7 Å². The highest BCUT2D eigenvalue weighted by Crippen LogP contribution is 2.32. The maximum absolute atomic E-state index is 9.35. The van der Waals surface area contributed by atoms with Crippen molar-refractivity contribution in [3.05, 3.63) is 53.1 Å². The molecule has 0 aromatic heterocycles. The van der Waals surface area contributed by atoms with Gasteiger partial charge < -0.3 is 14.9 Å². The summed E-state index contributed by atoms with van der Waals surface area (Å²) < 4.78 is 5.53. The fraction of sp³-hybridized carbons (Fsp3) is 0.333. The van der Waals surface area contributed by atoms with Gasteiger partial charge in [-0.25, -0.2) is 0 Å². The van der Waals surface area contributed by atoms with E-state index < -0.39 is 6.10 Å². The molecule has 0 amide bonds. The maximum Gasteiger partial charge on any atom is 0.120 e. The zero-order chi connectivity index (χ0) is 15.4. The normalized spacial score (nSPS) is 12.2. The highest BCUT2D eigenvalue weighted by molar-refractivity contribution is 5.74. The molecule has 0 bridgehead atoms. The molecular weight excluding hydrogens is 264 g/mol. The number of rotatable bonds is 5. The van der Waals surface area contributed by atoms with Gasteiger partial charge in [0.1, 0.15) is 18.5 Å². The zero-order valence-corrected chi connectivity index (χ0v) is 12.8. The highest BCUT2D eigenvalue weighted by atomic mass is 16.5. The molecule has 0 spiro atoms. The molecule has 0 radical (unpaired) electrons. The summed E-state index contributed by atoms with van der Waals surface area (Å²) >= 11 is 0. The number of aliphatic hydroxyl groups is 2. The van der Waals surface area contributed by atoms with E-state index >= 15 is 0 Å². The van der Waals surface area contributed by atoms with Crippen LogP contribution >= 0.6 is 0 Å². The van der Waals surface area contributed by atoms with Crippen LogP contribution in [0.2, 0.25) is 0 Å². The van der Waals surface area contributed by atoms with Gasteiger partial charge in [-0.3, -0.25) is 0 Å². The van der Waals surface area contributed by atoms with Crippen molar-refractivity contribution in [2.24, 2.45) is 0 Å². The molecular formula is C18H22O3. The van der Waals surface area contributed by atoms with Crippen molar-refractivity contribution in [3.8, 4) is 16.9 Å². The van der Waals surface area contributed by atoms with Gasteiger partial charge in [-0.15, -0.1) is 0 Å². The van der Waals surface area contributed by atoms with Gasteiger partial charge in [0.15, 0.2) is 0 Å². The molecule has 2 aromatic rings. The fourth-order valence-corrected chi connectivity index (χ4v) is 2.53. The Labute approximate surface area is 125 Å². The molecule has 0 saturated carbocycles. The number of hydrogen-bond acceptors (Lipinski definition) is 3. The molecule has 2 N–H and O–H groups in total. The van der Waals surface area contributed by atoms with Crippen LogP contribution in [0.1, 0.15) is 16.7 Å². The molecule has 0 saturated heterocycles. The number of aliphatic hydroxyl groups excluding tert-OH is 2. The lowest BCUT2D eigenvalue weighted by Crippen LogP contribution is -2.21. The lowest BCUT2D eigenvalue weighted by atomic mass is 9.92. The van der Waals surface area contributed by atoms with Gasteiger partial charge in [0.05, 0.1) is 6.61 Å². The molecule has 0 fully saturated rings. The van der Waals surface area contributed by atoms with Crippen LogP contribution in [0.3, 0.4) is 0 Å². The number of hydrogen-bond donors (Lipinski definition) is 2. The molecule has 0 aliphatic carbocycles. The molecule has 3 heteroatoms. The van der Waals surface area contributed by atoms with Crippen molar-refractivity contribution in [2.45, 2.75) is 26.9 Å². The molecule has 0 unspecified atom stereocenters. The average molecular weight is 286 g/mol. The molecule has 0 aliphatic heterocycles. The molecule has 21 heavy (non-hydrogen) atoms. The van der Waals surface area contributed by atoms with Crippen molar-refractivity contribution in [1.29, 1.82) is 0 Å². The first-order valence-electron chi connectivity index (χ1n) is 7.12. The van der Waals surface area contributed by atoms with Crippen LogP contribution < -0.4 is 4.74 Å². The Morgan fingerprint density at radius 1 is 1.00 bits per heavy atom. The van der Waals surface area contributed by atoms with E-state index in [2.05, 4.69) is 32.9 Å². The summed E-state index contributed by atoms with van der Waals surface area (Å²) in [5, 5.41) is 18.2. The van der Waals surface area contributed by atoms with Crippen molar-refractivity contribution >= 4 is 0 Å². The first-order chi connectivity index (χ1) is 10.0. The Bertz CT molecular complexity index is 597. The third kappa shape index (κ3) is 3.63. The van der Waals surface area contributed by atoms with E-state index in [1.165, 1.54) is 16.7 Å². The van der Waals surface area contributed by atoms with Gasteiger partial charge in [-0.05, 0) is 60.7 Å². The largest absolute Gasteiger partial charge is 0.491 e. The number of aryl methyl sites for hydroxylation is 3. The Kier molecular flexibility index (Phi) is 4.99. The van der Waals surface area contributed by atoms with E-state index in [-0.39, 0.29) is 13.2 Å². The summed E-state index contributed by atoms with van der Waals surface area (Å²) in [6.07, 6.45) is -0.846. The Morgan fingerprint density at radius 3 is 2.19 bits per heavy atom. The zero-order valence-electron chi connectivity index (χ0n) is 12.8. The molecule has 1 atom stereocenters. The van der Waals surface area contributed by atoms with Crippen LogP contribution in [-0.2, 0) is 0 Å². The van der Waals surface area contributed by atoms with Gasteiger partial charge in [0, 0.05) is 0 Å². The summed E-state index contributed by atoms with van der Waals surface area (Å²) in [4.78, 5) is 0. The Balaban J connectivity index is 2.32. The van der Waals surface area contributed by atoms with E-state index in [0.29, 0.717) is 0 Å². The first kappa shape index (κ1) is 15.5. The molecule has 2 rings (SSSR count). The number of benzene rings is 2. The standard InChI is InChI=1S/C18H22O3/c1-12-6-4-5-7-17(12)18-13(2)8-16(9-14(18)3)21-11-15(20)10-19/h4-9,15,19-20H,10-11H2,1-3H3/t15-/m0/s1. The van der Waals surface area contributed by atoms with Gasteiger partial charge in [-0.2, -0.15) is 0 Å². The average Bonchev–Trinajstić information content (AvgIpc) is 2.46. The minimum Gasteiger partial charge on any atom is -0.491 e. The van der Waals surface area contributed by atoms with E-state index in [9.17, 15) is 5.11 Å². The van der Waals surface area contributed by atoms with E-state index in [1.807, 2.05) is 24.3 Å². The summed E-state index contributed by atoms with van der Waals surface area (Å²) in [5.41, 5.74) is 5.97. The minimum absolute atomic E-state index is 0.0963. The van der Waals surface area contributed by atoms with Crippen molar-refractivity contribution in [2.75, 3.05) is 13.2 Å². The van der Waals surface area contributed by atoms with Crippen LogP contribution in [-0.4, -0.2) is 29.5 Å². The minimum atomic E-state index is -0.846. The quantitative estimate of drug-likeness (QED) is 0.888. The summed E-state index contributed by atoms with van der Waals surface area (Å²) in [6, 6.07) is 12.3. The van der Waals surface area contributed by atoms with Gasteiger partial charge in [0.2, 0.25) is 0 Å².